The Morgan fingerprint density at radius 3 is 2.05 bits per heavy atom. The van der Waals surface area contributed by atoms with Crippen molar-refractivity contribution < 1.29 is 28.6 Å². The Kier molecular flexibility index (Phi) is 12.3. The molecule has 0 radical (unpaired) electrons. The summed E-state index contributed by atoms with van der Waals surface area (Å²) in [5, 5.41) is 1.76. The van der Waals surface area contributed by atoms with E-state index in [1.807, 2.05) is 37.3 Å². The topological polar surface area (TPSA) is 135 Å². The summed E-state index contributed by atoms with van der Waals surface area (Å²) in [6.07, 6.45) is 10.8. The summed E-state index contributed by atoms with van der Waals surface area (Å²) < 4.78 is 15.4. The van der Waals surface area contributed by atoms with Gasteiger partial charge in [-0.05, 0) is 127 Å². The highest BCUT2D eigenvalue weighted by Crippen LogP contribution is 2.44. The van der Waals surface area contributed by atoms with E-state index in [1.165, 1.54) is 43.6 Å². The van der Waals surface area contributed by atoms with Gasteiger partial charge in [0, 0.05) is 34.9 Å². The zero-order valence-corrected chi connectivity index (χ0v) is 34.2. The van der Waals surface area contributed by atoms with E-state index in [1.54, 1.807) is 0 Å². The molecule has 5 heterocycles. The molecule has 0 aliphatic carbocycles. The van der Waals surface area contributed by atoms with Crippen molar-refractivity contribution in [2.75, 3.05) is 21.3 Å². The number of nitrogens with one attached hydrogen (secondary N) is 2. The number of benzene rings is 1. The molecule has 0 saturated heterocycles. The molecule has 0 fully saturated rings. The highest BCUT2D eigenvalue weighted by atomic mass is 16.5. The third kappa shape index (κ3) is 7.41. The van der Waals surface area contributed by atoms with Crippen LogP contribution in [0.2, 0.25) is 0 Å². The maximum atomic E-state index is 13.5. The molecule has 2 atom stereocenters. The fourth-order valence-corrected chi connectivity index (χ4v) is 8.79. The second-order valence-electron chi connectivity index (χ2n) is 14.5. The van der Waals surface area contributed by atoms with Crippen molar-refractivity contribution in [3.63, 3.8) is 0 Å². The van der Waals surface area contributed by atoms with Crippen molar-refractivity contribution in [2.45, 2.75) is 105 Å². The summed E-state index contributed by atoms with van der Waals surface area (Å²) in [4.78, 5) is 56.8. The average molecular weight is 759 g/mol. The first kappa shape index (κ1) is 40.2. The number of ether oxygens (including phenoxy) is 3. The second kappa shape index (κ2) is 17.1. The molecular formula is C46H54N4O6. The van der Waals surface area contributed by atoms with Crippen LogP contribution in [0.1, 0.15) is 122 Å². The van der Waals surface area contributed by atoms with Crippen molar-refractivity contribution in [3.05, 3.63) is 114 Å². The van der Waals surface area contributed by atoms with Crippen LogP contribution < -0.4 is 10.7 Å². The predicted octanol–water partition coefficient (Wildman–Crippen LogP) is 6.97. The minimum atomic E-state index is -0.389. The monoisotopic (exact) mass is 758 g/mol. The molecule has 0 spiro atoms. The number of hydrogen-bond donors (Lipinski definition) is 2. The second-order valence-corrected chi connectivity index (χ2v) is 14.5. The lowest BCUT2D eigenvalue weighted by molar-refractivity contribution is -0.141. The number of esters is 3. The van der Waals surface area contributed by atoms with Gasteiger partial charge in [-0.3, -0.25) is 14.6 Å². The molecule has 3 aliphatic rings. The Morgan fingerprint density at radius 1 is 0.714 bits per heavy atom. The first-order valence-corrected chi connectivity index (χ1v) is 19.8. The Hall–Kier alpha value is -5.51. The van der Waals surface area contributed by atoms with Crippen LogP contribution in [0.5, 0.6) is 0 Å². The molecule has 3 aliphatic heterocycles. The largest absolute Gasteiger partial charge is 0.469 e. The van der Waals surface area contributed by atoms with Gasteiger partial charge in [0.05, 0.1) is 56.0 Å². The van der Waals surface area contributed by atoms with Crippen LogP contribution in [-0.4, -0.2) is 66.7 Å². The number of aromatic amines is 2. The highest BCUT2D eigenvalue weighted by molar-refractivity contribution is 6.24. The minimum Gasteiger partial charge on any atom is -0.469 e. The zero-order chi connectivity index (χ0) is 40.3. The van der Waals surface area contributed by atoms with E-state index in [-0.39, 0.29) is 42.7 Å². The van der Waals surface area contributed by atoms with E-state index in [0.29, 0.717) is 18.4 Å². The van der Waals surface area contributed by atoms with E-state index in [4.69, 9.17) is 24.2 Å². The van der Waals surface area contributed by atoms with Crippen LogP contribution >= 0.6 is 0 Å². The molecule has 6 rings (SSSR count). The van der Waals surface area contributed by atoms with Gasteiger partial charge in [0.1, 0.15) is 0 Å². The maximum Gasteiger partial charge on any atom is 0.338 e. The normalized spacial score (nSPS) is 19.7. The van der Waals surface area contributed by atoms with E-state index in [0.717, 1.165) is 92.7 Å². The molecule has 2 aromatic heterocycles. The predicted molar refractivity (Wildman–Crippen MR) is 221 cm³/mol. The molecule has 2 N–H and O–H groups in total. The number of carbonyl (C=O) groups is 3. The molecule has 8 bridgehead atoms. The lowest BCUT2D eigenvalue weighted by Crippen LogP contribution is -2.23. The van der Waals surface area contributed by atoms with Crippen LogP contribution in [0.25, 0.3) is 12.2 Å². The molecule has 10 nitrogen and oxygen atoms in total. The van der Waals surface area contributed by atoms with E-state index < -0.39 is 0 Å². The molecule has 0 amide bonds. The van der Waals surface area contributed by atoms with Crippen LogP contribution in [0.15, 0.2) is 68.3 Å². The van der Waals surface area contributed by atoms with Crippen molar-refractivity contribution in [1.29, 1.82) is 0 Å². The minimum absolute atomic E-state index is 0.209. The Morgan fingerprint density at radius 2 is 1.41 bits per heavy atom. The third-order valence-electron chi connectivity index (χ3n) is 11.7. The number of rotatable bonds is 12. The van der Waals surface area contributed by atoms with Gasteiger partial charge < -0.3 is 24.2 Å². The summed E-state index contributed by atoms with van der Waals surface area (Å²) in [6.45, 7) is 12.8. The Balaban J connectivity index is 1.74. The van der Waals surface area contributed by atoms with E-state index in [2.05, 4.69) is 56.7 Å². The molecule has 0 saturated carbocycles. The highest BCUT2D eigenvalue weighted by Gasteiger charge is 2.38. The summed E-state index contributed by atoms with van der Waals surface area (Å²) in [7, 11) is 4.23. The van der Waals surface area contributed by atoms with E-state index >= 15 is 0 Å². The Labute approximate surface area is 329 Å². The molecule has 3 aromatic rings. The fourth-order valence-electron chi connectivity index (χ4n) is 8.79. The van der Waals surface area contributed by atoms with Crippen molar-refractivity contribution in [2.24, 2.45) is 9.98 Å². The summed E-state index contributed by atoms with van der Waals surface area (Å²) in [6, 6.07) is 7.44. The molecule has 56 heavy (non-hydrogen) atoms. The zero-order valence-electron chi connectivity index (χ0n) is 34.2. The third-order valence-corrected chi connectivity index (χ3v) is 11.7. The van der Waals surface area contributed by atoms with Crippen LogP contribution in [0, 0.1) is 6.92 Å². The molecular weight excluding hydrogens is 705 g/mol. The van der Waals surface area contributed by atoms with Crippen molar-refractivity contribution in [1.82, 2.24) is 9.97 Å². The van der Waals surface area contributed by atoms with Gasteiger partial charge in [-0.1, -0.05) is 45.9 Å². The van der Waals surface area contributed by atoms with E-state index in [9.17, 15) is 14.4 Å². The molecule has 294 valence electrons. The van der Waals surface area contributed by atoms with Crippen molar-refractivity contribution >= 4 is 41.5 Å². The lowest BCUT2D eigenvalue weighted by Gasteiger charge is -2.27. The van der Waals surface area contributed by atoms with Crippen LogP contribution in [0.3, 0.4) is 0 Å². The van der Waals surface area contributed by atoms with Gasteiger partial charge in [0.15, 0.2) is 0 Å². The first-order valence-electron chi connectivity index (χ1n) is 19.8. The van der Waals surface area contributed by atoms with Gasteiger partial charge >= 0.3 is 17.9 Å². The Bertz CT molecular complexity index is 2360. The van der Waals surface area contributed by atoms with Gasteiger partial charge in [0.2, 0.25) is 0 Å². The number of H-pyrrole nitrogens is 2. The number of carbonyl (C=O) groups excluding carboxylic acids is 3. The van der Waals surface area contributed by atoms with Crippen LogP contribution in [-0.2, 0) is 43.1 Å². The van der Waals surface area contributed by atoms with Gasteiger partial charge in [-0.2, -0.15) is 0 Å². The van der Waals surface area contributed by atoms with Crippen LogP contribution in [0.4, 0.5) is 0 Å². The number of aromatic nitrogens is 2. The summed E-state index contributed by atoms with van der Waals surface area (Å²) >= 11 is 0. The van der Waals surface area contributed by atoms with Gasteiger partial charge in [-0.25, -0.2) is 9.79 Å². The number of aliphatic imine (C=N–C) groups is 2. The summed E-state index contributed by atoms with van der Waals surface area (Å²) in [5.74, 6) is -1.29. The summed E-state index contributed by atoms with van der Waals surface area (Å²) in [5.41, 5.74) is 14.6. The van der Waals surface area contributed by atoms with Gasteiger partial charge in [-0.15, -0.1) is 0 Å². The fraction of sp³-hybridized carbons (Fsp3) is 0.413. The average Bonchev–Trinajstić information content (AvgIpc) is 3.92. The number of hydrogen-bond acceptors (Lipinski definition) is 8. The number of allylic oxidation sites excluding steroid dienone is 4. The lowest BCUT2D eigenvalue weighted by atomic mass is 9.79. The maximum absolute atomic E-state index is 13.5. The first-order chi connectivity index (χ1) is 27.0. The number of fused-ring (bicyclic) bond motifs is 6. The number of nitrogens with zero attached hydrogens (tertiary/aromatic N) is 2. The van der Waals surface area contributed by atoms with Gasteiger partial charge in [0.25, 0.3) is 0 Å². The quantitative estimate of drug-likeness (QED) is 0.151. The SMILES string of the molecule is CCC1=C(CC)C2N=C1/C=C1N=C(/C=c3\[nH]/c(c(C)c3CCC(=O)OC)=C\c3[nH]c(c(CC)c3CC)C2c2ccccc2C(=O)OC)C(CCC(=O)OC)=C\1C. The van der Waals surface area contributed by atoms with Crippen molar-refractivity contribution in [3.8, 4) is 0 Å². The molecule has 10 heteroatoms. The standard InChI is InChI=1S/C46H54N4O6/c1-10-27-29(12-3)44-43(33-16-14-15-17-34(33)46(53)56-9)45-30(13-4)28(11-2)38(50-45)23-36-26(6)32(19-21-42(52)55-8)40(48-36)24-39-31(18-20-41(51)54-7)25(5)35(47-39)22-37(27)49-44/h14-17,22-24,43-44,48,50H,10-13,18-21H2,1-9H3/b35-22-,36-23-,40-24-. The molecule has 1 aromatic carbocycles. The smallest absolute Gasteiger partial charge is 0.338 e. The number of methoxy groups -OCH3 is 3. The molecule has 2 unspecified atom stereocenters.